The lowest BCUT2D eigenvalue weighted by Gasteiger charge is -2.11. The highest BCUT2D eigenvalue weighted by atomic mass is 16.5. The average molecular weight is 376 g/mol. The molecule has 3 rings (SSSR count). The van der Waals surface area contributed by atoms with Crippen LogP contribution in [0.4, 0.5) is 11.5 Å². The van der Waals surface area contributed by atoms with Gasteiger partial charge in [-0.05, 0) is 56.2 Å². The van der Waals surface area contributed by atoms with Gasteiger partial charge in [0.25, 0.3) is 5.91 Å². The number of hydrogen-bond acceptors (Lipinski definition) is 5. The van der Waals surface area contributed by atoms with E-state index < -0.39 is 0 Å². The summed E-state index contributed by atoms with van der Waals surface area (Å²) >= 11 is 0. The molecular formula is C22H24N4O2. The Balaban J connectivity index is 1.70. The van der Waals surface area contributed by atoms with Gasteiger partial charge < -0.3 is 15.4 Å². The second-order valence-corrected chi connectivity index (χ2v) is 6.38. The van der Waals surface area contributed by atoms with Crippen LogP contribution < -0.4 is 15.4 Å². The Bertz CT molecular complexity index is 955. The monoisotopic (exact) mass is 376 g/mol. The number of hydrogen-bond donors (Lipinski definition) is 2. The largest absolute Gasteiger partial charge is 0.494 e. The fraction of sp³-hybridized carbons (Fsp3) is 0.227. The number of carbonyl (C=O) groups is 1. The summed E-state index contributed by atoms with van der Waals surface area (Å²) in [5.74, 6) is 1.67. The van der Waals surface area contributed by atoms with Crippen LogP contribution in [-0.2, 0) is 6.54 Å². The molecule has 0 atom stereocenters. The maximum absolute atomic E-state index is 12.6. The molecule has 1 aromatic heterocycles. The van der Waals surface area contributed by atoms with Crippen molar-refractivity contribution in [1.29, 1.82) is 0 Å². The molecule has 1 heterocycles. The van der Waals surface area contributed by atoms with Crippen LogP contribution in [0.1, 0.15) is 34.4 Å². The molecule has 3 aromatic rings. The molecule has 0 aliphatic carbocycles. The molecule has 0 aliphatic rings. The normalized spacial score (nSPS) is 10.4. The second-order valence-electron chi connectivity index (χ2n) is 6.38. The van der Waals surface area contributed by atoms with Gasteiger partial charge in [0, 0.05) is 18.3 Å². The van der Waals surface area contributed by atoms with Crippen molar-refractivity contribution in [2.24, 2.45) is 0 Å². The number of nitrogens with zero attached hydrogens (tertiary/aromatic N) is 2. The first-order valence-electron chi connectivity index (χ1n) is 9.23. The van der Waals surface area contributed by atoms with E-state index in [1.807, 2.05) is 62.4 Å². The van der Waals surface area contributed by atoms with Crippen LogP contribution in [0, 0.1) is 13.8 Å². The minimum Gasteiger partial charge on any atom is -0.494 e. The highest BCUT2D eigenvalue weighted by Gasteiger charge is 2.11. The van der Waals surface area contributed by atoms with E-state index in [-0.39, 0.29) is 5.91 Å². The Kier molecular flexibility index (Phi) is 6.22. The number of rotatable bonds is 7. The van der Waals surface area contributed by atoms with E-state index >= 15 is 0 Å². The molecule has 0 unspecified atom stereocenters. The van der Waals surface area contributed by atoms with E-state index in [1.54, 1.807) is 13.0 Å². The number of aromatic nitrogens is 2. The highest BCUT2D eigenvalue weighted by Crippen LogP contribution is 2.19. The summed E-state index contributed by atoms with van der Waals surface area (Å²) in [4.78, 5) is 21.2. The second kappa shape index (κ2) is 8.99. The molecule has 2 N–H and O–H groups in total. The number of carbonyl (C=O) groups excluding carboxylic acids is 1. The Morgan fingerprint density at radius 1 is 1.04 bits per heavy atom. The Labute approximate surface area is 165 Å². The summed E-state index contributed by atoms with van der Waals surface area (Å²) in [5.41, 5.74) is 3.40. The van der Waals surface area contributed by atoms with Crippen molar-refractivity contribution in [2.45, 2.75) is 27.3 Å². The topological polar surface area (TPSA) is 76.1 Å². The molecule has 0 spiro atoms. The van der Waals surface area contributed by atoms with E-state index in [9.17, 15) is 4.79 Å². The van der Waals surface area contributed by atoms with Gasteiger partial charge in [0.1, 0.15) is 23.1 Å². The Hall–Kier alpha value is -3.41. The molecule has 144 valence electrons. The number of benzene rings is 2. The third-order valence-electron chi connectivity index (χ3n) is 4.21. The van der Waals surface area contributed by atoms with Gasteiger partial charge >= 0.3 is 0 Å². The molecule has 2 aromatic carbocycles. The van der Waals surface area contributed by atoms with Gasteiger partial charge in [-0.15, -0.1) is 0 Å². The zero-order valence-electron chi connectivity index (χ0n) is 16.3. The smallest absolute Gasteiger partial charge is 0.270 e. The zero-order valence-corrected chi connectivity index (χ0v) is 16.3. The third-order valence-corrected chi connectivity index (χ3v) is 4.21. The lowest BCUT2D eigenvalue weighted by atomic mass is 10.1. The molecule has 6 nitrogen and oxygen atoms in total. The Morgan fingerprint density at radius 3 is 2.50 bits per heavy atom. The average Bonchev–Trinajstić information content (AvgIpc) is 2.68. The van der Waals surface area contributed by atoms with Crippen molar-refractivity contribution in [2.75, 3.05) is 11.9 Å². The lowest BCUT2D eigenvalue weighted by molar-refractivity contribution is 0.0945. The molecule has 0 aliphatic heterocycles. The number of aryl methyl sites for hydroxylation is 2. The van der Waals surface area contributed by atoms with Gasteiger partial charge in [0.15, 0.2) is 0 Å². The van der Waals surface area contributed by atoms with Crippen molar-refractivity contribution in [3.05, 3.63) is 77.2 Å². The van der Waals surface area contributed by atoms with Crippen molar-refractivity contribution < 1.29 is 9.53 Å². The molecule has 0 bridgehead atoms. The maximum Gasteiger partial charge on any atom is 0.270 e. The summed E-state index contributed by atoms with van der Waals surface area (Å²) < 4.78 is 5.45. The van der Waals surface area contributed by atoms with Crippen LogP contribution in [0.3, 0.4) is 0 Å². The quantitative estimate of drug-likeness (QED) is 0.647. The van der Waals surface area contributed by atoms with Gasteiger partial charge in [0.05, 0.1) is 6.61 Å². The molecule has 1 amide bonds. The molecule has 0 fully saturated rings. The van der Waals surface area contributed by atoms with Crippen LogP contribution >= 0.6 is 0 Å². The van der Waals surface area contributed by atoms with Crippen molar-refractivity contribution in [3.63, 3.8) is 0 Å². The van der Waals surface area contributed by atoms with Crippen molar-refractivity contribution in [3.8, 4) is 5.75 Å². The molecule has 6 heteroatoms. The fourth-order valence-corrected chi connectivity index (χ4v) is 2.77. The molecule has 0 saturated carbocycles. The van der Waals surface area contributed by atoms with Crippen LogP contribution in [0.5, 0.6) is 5.75 Å². The predicted octanol–water partition coefficient (Wildman–Crippen LogP) is 4.17. The van der Waals surface area contributed by atoms with Crippen LogP contribution in [0.2, 0.25) is 0 Å². The summed E-state index contributed by atoms with van der Waals surface area (Å²) in [6.45, 7) is 6.81. The molecular weight excluding hydrogens is 352 g/mol. The maximum atomic E-state index is 12.6. The van der Waals surface area contributed by atoms with Gasteiger partial charge in [-0.2, -0.15) is 0 Å². The molecule has 0 radical (unpaired) electrons. The summed E-state index contributed by atoms with van der Waals surface area (Å²) in [6.07, 6.45) is 0. The molecule has 28 heavy (non-hydrogen) atoms. The highest BCUT2D eigenvalue weighted by molar-refractivity contribution is 5.93. The van der Waals surface area contributed by atoms with E-state index in [0.717, 1.165) is 22.6 Å². The summed E-state index contributed by atoms with van der Waals surface area (Å²) in [5, 5.41) is 6.13. The standard InChI is InChI=1S/C22H24N4O2/c1-4-28-19-11-9-18(10-12-19)26-21-13-20(24-16(3)25-21)22(27)23-14-17-8-6-5-7-15(17)2/h5-13H,4,14H2,1-3H3,(H,23,27)(H,24,25,26). The van der Waals surface area contributed by atoms with Gasteiger partial charge in [-0.25, -0.2) is 9.97 Å². The predicted molar refractivity (Wildman–Crippen MR) is 110 cm³/mol. The first kappa shape index (κ1) is 19.4. The van der Waals surface area contributed by atoms with Crippen LogP contribution in [-0.4, -0.2) is 22.5 Å². The van der Waals surface area contributed by atoms with E-state index in [0.29, 0.717) is 30.5 Å². The summed E-state index contributed by atoms with van der Waals surface area (Å²) in [7, 11) is 0. The van der Waals surface area contributed by atoms with Crippen molar-refractivity contribution in [1.82, 2.24) is 15.3 Å². The number of ether oxygens (including phenoxy) is 1. The van der Waals surface area contributed by atoms with Gasteiger partial charge in [-0.3, -0.25) is 4.79 Å². The number of anilines is 2. The van der Waals surface area contributed by atoms with E-state index in [1.165, 1.54) is 0 Å². The van der Waals surface area contributed by atoms with Crippen LogP contribution in [0.15, 0.2) is 54.6 Å². The first-order chi connectivity index (χ1) is 13.5. The zero-order chi connectivity index (χ0) is 19.9. The van der Waals surface area contributed by atoms with E-state index in [4.69, 9.17) is 4.74 Å². The minimum atomic E-state index is -0.233. The minimum absolute atomic E-state index is 0.233. The fourth-order valence-electron chi connectivity index (χ4n) is 2.77. The number of nitrogens with one attached hydrogen (secondary N) is 2. The summed E-state index contributed by atoms with van der Waals surface area (Å²) in [6, 6.07) is 17.2. The van der Waals surface area contributed by atoms with Crippen LogP contribution in [0.25, 0.3) is 0 Å². The number of amides is 1. The lowest BCUT2D eigenvalue weighted by Crippen LogP contribution is -2.24. The Morgan fingerprint density at radius 2 is 1.79 bits per heavy atom. The third kappa shape index (κ3) is 5.07. The van der Waals surface area contributed by atoms with Gasteiger partial charge in [0.2, 0.25) is 0 Å². The molecule has 0 saturated heterocycles. The van der Waals surface area contributed by atoms with Gasteiger partial charge in [-0.1, -0.05) is 24.3 Å². The van der Waals surface area contributed by atoms with Crippen molar-refractivity contribution >= 4 is 17.4 Å². The van der Waals surface area contributed by atoms with E-state index in [2.05, 4.69) is 20.6 Å². The first-order valence-corrected chi connectivity index (χ1v) is 9.23. The SMILES string of the molecule is CCOc1ccc(Nc2cc(C(=O)NCc3ccccc3C)nc(C)n2)cc1.